The Balaban J connectivity index is 2.41. The van der Waals surface area contributed by atoms with Crippen molar-refractivity contribution in [1.29, 1.82) is 0 Å². The number of nitrogens with zero attached hydrogens (tertiary/aromatic N) is 2. The van der Waals surface area contributed by atoms with Crippen LogP contribution in [0.4, 0.5) is 8.78 Å². The molecule has 0 aliphatic heterocycles. The molecule has 2 aromatic rings. The molecule has 96 valence electrons. The molecular weight excluding hydrogens is 256 g/mol. The first-order valence-corrected chi connectivity index (χ1v) is 6.30. The lowest BCUT2D eigenvalue weighted by Gasteiger charge is -2.13. The highest BCUT2D eigenvalue weighted by Gasteiger charge is 2.22. The highest BCUT2D eigenvalue weighted by Crippen LogP contribution is 2.30. The summed E-state index contributed by atoms with van der Waals surface area (Å²) in [4.78, 5) is 0.718. The summed E-state index contributed by atoms with van der Waals surface area (Å²) in [5.41, 5.74) is 7.03. The molecule has 1 atom stereocenters. The molecule has 0 saturated carbocycles. The lowest BCUT2D eigenvalue weighted by molar-refractivity contribution is 0.566. The van der Waals surface area contributed by atoms with Gasteiger partial charge >= 0.3 is 0 Å². The molecule has 0 fully saturated rings. The second kappa shape index (κ2) is 5.07. The second-order valence-electron chi connectivity index (χ2n) is 4.32. The van der Waals surface area contributed by atoms with Gasteiger partial charge in [-0.3, -0.25) is 0 Å². The van der Waals surface area contributed by atoms with E-state index in [-0.39, 0.29) is 11.5 Å². The van der Waals surface area contributed by atoms with Gasteiger partial charge in [-0.25, -0.2) is 8.78 Å². The fourth-order valence-electron chi connectivity index (χ4n) is 1.72. The standard InChI is InChI=1S/C12H13F2N3S/c1-6(2)11-12(18-17-16-11)10(15)8-4-3-7(13)5-9(8)14/h3-6,10H,15H2,1-2H3. The molecule has 3 nitrogen and oxygen atoms in total. The van der Waals surface area contributed by atoms with Crippen LogP contribution in [0, 0.1) is 11.6 Å². The van der Waals surface area contributed by atoms with Gasteiger partial charge < -0.3 is 5.73 Å². The lowest BCUT2D eigenvalue weighted by Crippen LogP contribution is -2.14. The van der Waals surface area contributed by atoms with Crippen LogP contribution in [-0.2, 0) is 0 Å². The van der Waals surface area contributed by atoms with Crippen LogP contribution in [-0.4, -0.2) is 9.59 Å². The molecule has 0 amide bonds. The predicted octanol–water partition coefficient (Wildman–Crippen LogP) is 2.99. The fraction of sp³-hybridized carbons (Fsp3) is 0.333. The lowest BCUT2D eigenvalue weighted by atomic mass is 10.0. The van der Waals surface area contributed by atoms with Crippen LogP contribution >= 0.6 is 11.5 Å². The zero-order chi connectivity index (χ0) is 13.3. The maximum atomic E-state index is 13.7. The Kier molecular flexibility index (Phi) is 3.68. The van der Waals surface area contributed by atoms with Gasteiger partial charge in [-0.15, -0.1) is 5.10 Å². The van der Waals surface area contributed by atoms with E-state index in [2.05, 4.69) is 9.59 Å². The van der Waals surface area contributed by atoms with Gasteiger partial charge in [0.15, 0.2) is 0 Å². The molecule has 0 spiro atoms. The topological polar surface area (TPSA) is 51.8 Å². The van der Waals surface area contributed by atoms with Crippen molar-refractivity contribution in [2.24, 2.45) is 5.73 Å². The summed E-state index contributed by atoms with van der Waals surface area (Å²) in [6, 6.07) is 2.72. The Hall–Kier alpha value is -1.40. The molecule has 1 heterocycles. The maximum absolute atomic E-state index is 13.7. The van der Waals surface area contributed by atoms with Crippen molar-refractivity contribution in [2.45, 2.75) is 25.8 Å². The SMILES string of the molecule is CC(C)c1nnsc1C(N)c1ccc(F)cc1F. The largest absolute Gasteiger partial charge is 0.319 e. The third-order valence-corrected chi connectivity index (χ3v) is 3.49. The third-order valence-electron chi connectivity index (χ3n) is 2.67. The maximum Gasteiger partial charge on any atom is 0.131 e. The molecule has 0 saturated heterocycles. The van der Waals surface area contributed by atoms with Crippen molar-refractivity contribution in [2.75, 3.05) is 0 Å². The Labute approximate surface area is 108 Å². The summed E-state index contributed by atoms with van der Waals surface area (Å²) < 4.78 is 30.4. The molecule has 0 bridgehead atoms. The van der Waals surface area contributed by atoms with Crippen LogP contribution in [0.1, 0.15) is 41.9 Å². The van der Waals surface area contributed by atoms with E-state index in [0.29, 0.717) is 0 Å². The molecule has 1 aromatic carbocycles. The minimum absolute atomic E-state index is 0.160. The molecule has 18 heavy (non-hydrogen) atoms. The van der Waals surface area contributed by atoms with Crippen LogP contribution in [0.2, 0.25) is 0 Å². The van der Waals surface area contributed by atoms with Crippen molar-refractivity contribution in [3.63, 3.8) is 0 Å². The smallest absolute Gasteiger partial charge is 0.131 e. The van der Waals surface area contributed by atoms with E-state index in [1.54, 1.807) is 0 Å². The third kappa shape index (κ3) is 2.39. The fourth-order valence-corrected chi connectivity index (χ4v) is 2.54. The van der Waals surface area contributed by atoms with E-state index in [1.165, 1.54) is 12.1 Å². The van der Waals surface area contributed by atoms with Gasteiger partial charge in [-0.2, -0.15) is 0 Å². The van der Waals surface area contributed by atoms with Gasteiger partial charge in [0.1, 0.15) is 11.6 Å². The number of halogens is 2. The number of hydrogen-bond acceptors (Lipinski definition) is 4. The molecule has 6 heteroatoms. The van der Waals surface area contributed by atoms with Gasteiger partial charge in [0, 0.05) is 11.6 Å². The number of aromatic nitrogens is 2. The predicted molar refractivity (Wildman–Crippen MR) is 66.4 cm³/mol. The minimum atomic E-state index is -0.664. The van der Waals surface area contributed by atoms with Crippen LogP contribution in [0.25, 0.3) is 0 Å². The Bertz CT molecular complexity index is 554. The van der Waals surface area contributed by atoms with Gasteiger partial charge in [0.2, 0.25) is 0 Å². The van der Waals surface area contributed by atoms with E-state index >= 15 is 0 Å². The monoisotopic (exact) mass is 269 g/mol. The zero-order valence-electron chi connectivity index (χ0n) is 10.0. The van der Waals surface area contributed by atoms with Crippen molar-refractivity contribution >= 4 is 11.5 Å². The summed E-state index contributed by atoms with van der Waals surface area (Å²) in [6.07, 6.45) is 0. The van der Waals surface area contributed by atoms with Crippen LogP contribution in [0.5, 0.6) is 0 Å². The van der Waals surface area contributed by atoms with Crippen molar-refractivity contribution < 1.29 is 8.78 Å². The van der Waals surface area contributed by atoms with Crippen LogP contribution < -0.4 is 5.73 Å². The van der Waals surface area contributed by atoms with E-state index in [1.807, 2.05) is 13.8 Å². The number of nitrogens with two attached hydrogens (primary N) is 1. The summed E-state index contributed by atoms with van der Waals surface area (Å²) >= 11 is 1.15. The Morgan fingerprint density at radius 2 is 2.00 bits per heavy atom. The normalized spacial score (nSPS) is 13.0. The minimum Gasteiger partial charge on any atom is -0.319 e. The van der Waals surface area contributed by atoms with Crippen molar-refractivity contribution in [3.05, 3.63) is 46.0 Å². The molecule has 2 rings (SSSR count). The van der Waals surface area contributed by atoms with E-state index < -0.39 is 17.7 Å². The number of hydrogen-bond donors (Lipinski definition) is 1. The number of benzene rings is 1. The van der Waals surface area contributed by atoms with Gasteiger partial charge in [-0.1, -0.05) is 24.4 Å². The highest BCUT2D eigenvalue weighted by atomic mass is 32.1. The first kappa shape index (κ1) is 13.0. The summed E-state index contributed by atoms with van der Waals surface area (Å²) in [6.45, 7) is 3.93. The average Bonchev–Trinajstić information content (AvgIpc) is 2.77. The first-order chi connectivity index (χ1) is 8.50. The van der Waals surface area contributed by atoms with E-state index in [0.717, 1.165) is 28.2 Å². The summed E-state index contributed by atoms with van der Waals surface area (Å²) in [5, 5.41) is 4.00. The summed E-state index contributed by atoms with van der Waals surface area (Å²) in [7, 11) is 0. The Morgan fingerprint density at radius 1 is 1.28 bits per heavy atom. The number of rotatable bonds is 3. The van der Waals surface area contributed by atoms with Crippen LogP contribution in [0.3, 0.4) is 0 Å². The zero-order valence-corrected chi connectivity index (χ0v) is 10.8. The molecule has 0 aliphatic rings. The second-order valence-corrected chi connectivity index (χ2v) is 5.11. The van der Waals surface area contributed by atoms with E-state index in [9.17, 15) is 8.78 Å². The highest BCUT2D eigenvalue weighted by molar-refractivity contribution is 7.05. The Morgan fingerprint density at radius 3 is 2.61 bits per heavy atom. The molecular formula is C12H13F2N3S. The average molecular weight is 269 g/mol. The van der Waals surface area contributed by atoms with Gasteiger partial charge in [0.05, 0.1) is 16.6 Å². The molecule has 1 unspecified atom stereocenters. The van der Waals surface area contributed by atoms with Crippen molar-refractivity contribution in [3.8, 4) is 0 Å². The van der Waals surface area contributed by atoms with E-state index in [4.69, 9.17) is 5.73 Å². The first-order valence-electron chi connectivity index (χ1n) is 5.53. The molecule has 0 aliphatic carbocycles. The van der Waals surface area contributed by atoms with Gasteiger partial charge in [-0.05, 0) is 23.5 Å². The molecule has 0 radical (unpaired) electrons. The van der Waals surface area contributed by atoms with Crippen molar-refractivity contribution in [1.82, 2.24) is 9.59 Å². The molecule has 1 aromatic heterocycles. The quantitative estimate of drug-likeness (QED) is 0.932. The summed E-state index contributed by atoms with van der Waals surface area (Å²) in [5.74, 6) is -1.10. The molecule has 2 N–H and O–H groups in total. The van der Waals surface area contributed by atoms with Crippen LogP contribution in [0.15, 0.2) is 18.2 Å². The van der Waals surface area contributed by atoms with Gasteiger partial charge in [0.25, 0.3) is 0 Å².